The van der Waals surface area contributed by atoms with Gasteiger partial charge in [0.25, 0.3) is 0 Å². The summed E-state index contributed by atoms with van der Waals surface area (Å²) in [6.45, 7) is 2.49. The fraction of sp³-hybridized carbons (Fsp3) is 0.308. The molecule has 1 aromatic heterocycles. The molecule has 0 fully saturated rings. The minimum Gasteiger partial charge on any atom is -0.406 e. The van der Waals surface area contributed by atoms with E-state index in [2.05, 4.69) is 20.4 Å². The third kappa shape index (κ3) is 7.67. The molecule has 0 bridgehead atoms. The van der Waals surface area contributed by atoms with Gasteiger partial charge in [0.05, 0.1) is 5.69 Å². The van der Waals surface area contributed by atoms with Crippen LogP contribution in [0.4, 0.5) is 29.1 Å². The van der Waals surface area contributed by atoms with Crippen molar-refractivity contribution in [3.8, 4) is 5.75 Å². The summed E-state index contributed by atoms with van der Waals surface area (Å²) >= 11 is 0. The van der Waals surface area contributed by atoms with Crippen molar-refractivity contribution in [2.24, 2.45) is 0 Å². The summed E-state index contributed by atoms with van der Waals surface area (Å²) in [5, 5.41) is 6.39. The number of carbonyl (C=O) groups excluding carboxylic acids is 1. The number of hydrogen-bond acceptors (Lipinski definition) is 6. The van der Waals surface area contributed by atoms with Crippen molar-refractivity contribution in [1.29, 1.82) is 0 Å². The van der Waals surface area contributed by atoms with Crippen molar-refractivity contribution in [1.82, 2.24) is 10.3 Å². The van der Waals surface area contributed by atoms with E-state index in [4.69, 9.17) is 0 Å². The van der Waals surface area contributed by atoms with Gasteiger partial charge in [-0.3, -0.25) is 0 Å². The number of halogens is 4. The second kappa shape index (κ2) is 12.3. The van der Waals surface area contributed by atoms with Gasteiger partial charge in [0, 0.05) is 25.2 Å². The number of aromatic nitrogens is 1. The van der Waals surface area contributed by atoms with E-state index < -0.39 is 6.36 Å². The molecular weight excluding hydrogens is 476 g/mol. The smallest absolute Gasteiger partial charge is 0.406 e. The molecule has 1 aliphatic heterocycles. The maximum absolute atomic E-state index is 12.4. The highest BCUT2D eigenvalue weighted by Crippen LogP contribution is 2.35. The fourth-order valence-electron chi connectivity index (χ4n) is 3.69. The van der Waals surface area contributed by atoms with Crippen LogP contribution in [0.1, 0.15) is 36.9 Å². The first kappa shape index (κ1) is 26.9. The lowest BCUT2D eigenvalue weighted by atomic mass is 10.1. The van der Waals surface area contributed by atoms with Gasteiger partial charge in [0.15, 0.2) is 5.82 Å². The molecule has 0 aliphatic carbocycles. The summed E-state index contributed by atoms with van der Waals surface area (Å²) in [5.74, 6) is 0.317. The third-order valence-electron chi connectivity index (χ3n) is 5.63. The van der Waals surface area contributed by atoms with E-state index >= 15 is 0 Å². The van der Waals surface area contributed by atoms with Gasteiger partial charge in [0.1, 0.15) is 24.0 Å². The Kier molecular flexibility index (Phi) is 9.24. The van der Waals surface area contributed by atoms with Crippen molar-refractivity contribution >= 4 is 17.8 Å². The highest BCUT2D eigenvalue weighted by Gasteiger charge is 2.31. The van der Waals surface area contributed by atoms with Crippen LogP contribution in [0.15, 0.2) is 66.9 Å². The molecule has 2 unspecified atom stereocenters. The number of anilines is 2. The number of carbonyl (C=O) groups is 1. The predicted molar refractivity (Wildman–Crippen MR) is 130 cm³/mol. The molecule has 0 saturated heterocycles. The number of rotatable bonds is 8. The largest absolute Gasteiger partial charge is 0.573 e. The summed E-state index contributed by atoms with van der Waals surface area (Å²) in [4.78, 5) is 17.0. The van der Waals surface area contributed by atoms with Gasteiger partial charge in [-0.15, -0.1) is 13.2 Å². The number of nitrogens with one attached hydrogen (secondary N) is 2. The van der Waals surface area contributed by atoms with Crippen LogP contribution in [0.5, 0.6) is 5.75 Å². The first-order valence-electron chi connectivity index (χ1n) is 11.4. The number of alkyl halides is 3. The van der Waals surface area contributed by atoms with Gasteiger partial charge in [-0.05, 0) is 67.9 Å². The molecule has 4 rings (SSSR count). The molecule has 3 aromatic rings. The molecule has 1 aliphatic rings. The molecular formula is C26H28F4N4O2. The molecule has 0 amide bonds. The van der Waals surface area contributed by atoms with Crippen molar-refractivity contribution in [2.75, 3.05) is 17.3 Å². The lowest BCUT2D eigenvalue weighted by Gasteiger charge is -2.25. The van der Waals surface area contributed by atoms with Crippen LogP contribution in [0.2, 0.25) is 0 Å². The highest BCUT2D eigenvalue weighted by molar-refractivity contribution is 5.72. The molecule has 2 N–H and O–H groups in total. The van der Waals surface area contributed by atoms with E-state index in [0.29, 0.717) is 19.4 Å². The number of pyridine rings is 1. The standard InChI is InChI=1S/C17H16F3N3O2.C9H12FN/c18-17(19,20)25-13-7-5-12(6-8-13)11-23-15(4-2-10-24)22-14-3-1-9-21-16(14)23;1-7(11-2)8-3-5-9(10)6-4-8/h1,3,5-10,15,22H,2,4,11H2;3-7,11H,1-2H3. The molecule has 36 heavy (non-hydrogen) atoms. The maximum atomic E-state index is 12.4. The van der Waals surface area contributed by atoms with Crippen LogP contribution in [0, 0.1) is 5.82 Å². The zero-order chi connectivity index (χ0) is 26.1. The van der Waals surface area contributed by atoms with E-state index in [9.17, 15) is 22.4 Å². The number of hydrogen-bond donors (Lipinski definition) is 2. The topological polar surface area (TPSA) is 66.5 Å². The van der Waals surface area contributed by atoms with Crippen LogP contribution in [-0.4, -0.2) is 30.8 Å². The summed E-state index contributed by atoms with van der Waals surface area (Å²) in [7, 11) is 1.88. The number of nitrogens with zero attached hydrogens (tertiary/aromatic N) is 2. The van der Waals surface area contributed by atoms with E-state index in [1.165, 1.54) is 24.3 Å². The van der Waals surface area contributed by atoms with Crippen LogP contribution >= 0.6 is 0 Å². The lowest BCUT2D eigenvalue weighted by Crippen LogP contribution is -2.35. The van der Waals surface area contributed by atoms with Crippen molar-refractivity contribution < 1.29 is 27.1 Å². The number of fused-ring (bicyclic) bond motifs is 1. The molecule has 0 radical (unpaired) electrons. The predicted octanol–water partition coefficient (Wildman–Crippen LogP) is 5.82. The monoisotopic (exact) mass is 504 g/mol. The Morgan fingerprint density at radius 2 is 1.83 bits per heavy atom. The van der Waals surface area contributed by atoms with Gasteiger partial charge in [-0.25, -0.2) is 9.37 Å². The van der Waals surface area contributed by atoms with E-state index in [-0.39, 0.29) is 23.8 Å². The number of ether oxygens (including phenoxy) is 1. The van der Waals surface area contributed by atoms with Crippen LogP contribution in [0.3, 0.4) is 0 Å². The average molecular weight is 505 g/mol. The second-order valence-corrected chi connectivity index (χ2v) is 8.16. The Hall–Kier alpha value is -3.66. The summed E-state index contributed by atoms with van der Waals surface area (Å²) in [6.07, 6.45) is -1.25. The van der Waals surface area contributed by atoms with Crippen LogP contribution in [-0.2, 0) is 11.3 Å². The molecule has 2 heterocycles. The first-order chi connectivity index (χ1) is 17.2. The number of aldehydes is 1. The molecule has 0 spiro atoms. The molecule has 6 nitrogen and oxygen atoms in total. The summed E-state index contributed by atoms with van der Waals surface area (Å²) < 4.78 is 53.0. The van der Waals surface area contributed by atoms with E-state index in [0.717, 1.165) is 28.9 Å². The molecule has 2 atom stereocenters. The minimum absolute atomic E-state index is 0.0961. The Labute approximate surface area is 207 Å². The SMILES string of the molecule is CNC(C)c1ccc(F)cc1.O=CCCC1Nc2cccnc2N1Cc1ccc(OC(F)(F)F)cc1. The minimum atomic E-state index is -4.71. The Bertz CT molecular complexity index is 1110. The first-order valence-corrected chi connectivity index (χ1v) is 11.4. The normalized spacial score (nSPS) is 15.3. The van der Waals surface area contributed by atoms with Crippen molar-refractivity contribution in [2.45, 2.75) is 44.9 Å². The van der Waals surface area contributed by atoms with Crippen molar-refractivity contribution in [3.63, 3.8) is 0 Å². The maximum Gasteiger partial charge on any atom is 0.573 e. The molecule has 2 aromatic carbocycles. The lowest BCUT2D eigenvalue weighted by molar-refractivity contribution is -0.274. The van der Waals surface area contributed by atoms with Gasteiger partial charge >= 0.3 is 6.36 Å². The molecule has 10 heteroatoms. The number of benzene rings is 2. The van der Waals surface area contributed by atoms with E-state index in [1.807, 2.05) is 31.0 Å². The average Bonchev–Trinajstić information content (AvgIpc) is 3.20. The van der Waals surface area contributed by atoms with Crippen molar-refractivity contribution in [3.05, 3.63) is 83.8 Å². The fourth-order valence-corrected chi connectivity index (χ4v) is 3.69. The van der Waals surface area contributed by atoms with Gasteiger partial charge < -0.3 is 25.1 Å². The van der Waals surface area contributed by atoms with E-state index in [1.54, 1.807) is 30.5 Å². The van der Waals surface area contributed by atoms with Gasteiger partial charge in [-0.2, -0.15) is 0 Å². The molecule has 192 valence electrons. The third-order valence-corrected chi connectivity index (χ3v) is 5.63. The Morgan fingerprint density at radius 1 is 1.14 bits per heavy atom. The quantitative estimate of drug-likeness (QED) is 0.298. The Morgan fingerprint density at radius 3 is 2.44 bits per heavy atom. The van der Waals surface area contributed by atoms with Crippen LogP contribution in [0.25, 0.3) is 0 Å². The second-order valence-electron chi connectivity index (χ2n) is 8.16. The van der Waals surface area contributed by atoms with Gasteiger partial charge in [-0.1, -0.05) is 24.3 Å². The summed E-state index contributed by atoms with van der Waals surface area (Å²) in [6, 6.07) is 16.3. The Balaban J connectivity index is 0.000000275. The van der Waals surface area contributed by atoms with Gasteiger partial charge in [0.2, 0.25) is 0 Å². The zero-order valence-electron chi connectivity index (χ0n) is 19.9. The molecule has 0 saturated carbocycles. The summed E-state index contributed by atoms with van der Waals surface area (Å²) in [5.41, 5.74) is 2.79. The highest BCUT2D eigenvalue weighted by atomic mass is 19.4. The van der Waals surface area contributed by atoms with Crippen LogP contribution < -0.4 is 20.3 Å². The zero-order valence-corrected chi connectivity index (χ0v) is 19.9.